The van der Waals surface area contributed by atoms with E-state index < -0.39 is 10.8 Å². The topological polar surface area (TPSA) is 81.5 Å². The number of amides is 1. The standard InChI is InChI=1S/C20H18N2O4/c1-13(16-9-5-7-14-6-3-4-8-17(14)16)21-20(23)18-12-15(26-2)10-11-19(18)22(24)25/h3-13H,1-2H3,(H,21,23). The zero-order valence-electron chi connectivity index (χ0n) is 14.4. The average molecular weight is 350 g/mol. The summed E-state index contributed by atoms with van der Waals surface area (Å²) in [4.78, 5) is 23.4. The molecule has 6 nitrogen and oxygen atoms in total. The highest BCUT2D eigenvalue weighted by molar-refractivity contribution is 5.99. The molecule has 0 saturated carbocycles. The zero-order chi connectivity index (χ0) is 18.7. The molecule has 132 valence electrons. The number of methoxy groups -OCH3 is 1. The number of nitro benzene ring substituents is 1. The number of nitrogens with one attached hydrogen (secondary N) is 1. The fourth-order valence-corrected chi connectivity index (χ4v) is 2.96. The molecule has 1 unspecified atom stereocenters. The number of rotatable bonds is 5. The first kappa shape index (κ1) is 17.4. The Hall–Kier alpha value is -3.41. The predicted octanol–water partition coefficient (Wildman–Crippen LogP) is 4.25. The van der Waals surface area contributed by atoms with E-state index >= 15 is 0 Å². The maximum absolute atomic E-state index is 12.7. The van der Waals surface area contributed by atoms with Crippen LogP contribution in [0.1, 0.15) is 28.9 Å². The minimum atomic E-state index is -0.572. The molecule has 3 aromatic carbocycles. The van der Waals surface area contributed by atoms with Gasteiger partial charge in [0.05, 0.1) is 18.1 Å². The Labute approximate surface area is 150 Å². The second-order valence-corrected chi connectivity index (χ2v) is 5.90. The van der Waals surface area contributed by atoms with E-state index in [0.717, 1.165) is 16.3 Å². The third kappa shape index (κ3) is 3.35. The van der Waals surface area contributed by atoms with Crippen molar-refractivity contribution in [3.8, 4) is 5.75 Å². The summed E-state index contributed by atoms with van der Waals surface area (Å²) >= 11 is 0. The second kappa shape index (κ2) is 7.23. The Morgan fingerprint density at radius 1 is 1.12 bits per heavy atom. The maximum Gasteiger partial charge on any atom is 0.282 e. The minimum absolute atomic E-state index is 0.0264. The molecular weight excluding hydrogens is 332 g/mol. The van der Waals surface area contributed by atoms with Gasteiger partial charge in [0, 0.05) is 6.07 Å². The van der Waals surface area contributed by atoms with E-state index in [2.05, 4.69) is 5.32 Å². The van der Waals surface area contributed by atoms with E-state index in [1.807, 2.05) is 49.4 Å². The molecule has 0 spiro atoms. The van der Waals surface area contributed by atoms with Crippen molar-refractivity contribution in [3.63, 3.8) is 0 Å². The summed E-state index contributed by atoms with van der Waals surface area (Å²) in [5.74, 6) is -0.130. The van der Waals surface area contributed by atoms with Crippen LogP contribution in [-0.4, -0.2) is 17.9 Å². The smallest absolute Gasteiger partial charge is 0.282 e. The third-order valence-electron chi connectivity index (χ3n) is 4.28. The summed E-state index contributed by atoms with van der Waals surface area (Å²) in [6.07, 6.45) is 0. The van der Waals surface area contributed by atoms with Gasteiger partial charge in [0.2, 0.25) is 0 Å². The number of nitrogens with zero attached hydrogens (tertiary/aromatic N) is 1. The highest BCUT2D eigenvalue weighted by Gasteiger charge is 2.23. The lowest BCUT2D eigenvalue weighted by Gasteiger charge is -2.17. The number of carbonyl (C=O) groups is 1. The van der Waals surface area contributed by atoms with Crippen molar-refractivity contribution >= 4 is 22.4 Å². The van der Waals surface area contributed by atoms with Gasteiger partial charge in [-0.2, -0.15) is 0 Å². The quantitative estimate of drug-likeness (QED) is 0.551. The van der Waals surface area contributed by atoms with E-state index in [0.29, 0.717) is 5.75 Å². The summed E-state index contributed by atoms with van der Waals surface area (Å²) in [7, 11) is 1.45. The van der Waals surface area contributed by atoms with Gasteiger partial charge in [0.25, 0.3) is 11.6 Å². The van der Waals surface area contributed by atoms with Crippen molar-refractivity contribution in [1.29, 1.82) is 0 Å². The molecule has 0 aliphatic carbocycles. The van der Waals surface area contributed by atoms with Gasteiger partial charge in [-0.15, -0.1) is 0 Å². The highest BCUT2D eigenvalue weighted by atomic mass is 16.6. The van der Waals surface area contributed by atoms with Gasteiger partial charge in [-0.3, -0.25) is 14.9 Å². The predicted molar refractivity (Wildman–Crippen MR) is 99.5 cm³/mol. The lowest BCUT2D eigenvalue weighted by molar-refractivity contribution is -0.385. The Balaban J connectivity index is 1.93. The highest BCUT2D eigenvalue weighted by Crippen LogP contribution is 2.27. The van der Waals surface area contributed by atoms with Gasteiger partial charge >= 0.3 is 0 Å². The van der Waals surface area contributed by atoms with E-state index in [-0.39, 0.29) is 17.3 Å². The number of hydrogen-bond donors (Lipinski definition) is 1. The largest absolute Gasteiger partial charge is 0.497 e. The van der Waals surface area contributed by atoms with E-state index in [4.69, 9.17) is 4.74 Å². The number of benzene rings is 3. The number of nitro groups is 1. The van der Waals surface area contributed by atoms with Crippen LogP contribution in [0.25, 0.3) is 10.8 Å². The van der Waals surface area contributed by atoms with E-state index in [9.17, 15) is 14.9 Å². The maximum atomic E-state index is 12.7. The zero-order valence-corrected chi connectivity index (χ0v) is 14.4. The molecule has 0 heterocycles. The second-order valence-electron chi connectivity index (χ2n) is 5.90. The van der Waals surface area contributed by atoms with Gasteiger partial charge in [-0.05, 0) is 35.4 Å². The Kier molecular flexibility index (Phi) is 4.84. The van der Waals surface area contributed by atoms with Crippen LogP contribution in [0.4, 0.5) is 5.69 Å². The third-order valence-corrected chi connectivity index (χ3v) is 4.28. The molecule has 1 N–H and O–H groups in total. The molecule has 26 heavy (non-hydrogen) atoms. The molecule has 0 aliphatic heterocycles. The molecule has 0 bridgehead atoms. The summed E-state index contributed by atoms with van der Waals surface area (Å²) in [5.41, 5.74) is 0.664. The van der Waals surface area contributed by atoms with Gasteiger partial charge in [-0.25, -0.2) is 0 Å². The number of carbonyl (C=O) groups excluding carboxylic acids is 1. The lowest BCUT2D eigenvalue weighted by atomic mass is 9.99. The molecule has 0 radical (unpaired) electrons. The Morgan fingerprint density at radius 3 is 2.58 bits per heavy atom. The average Bonchev–Trinajstić information content (AvgIpc) is 2.66. The van der Waals surface area contributed by atoms with Gasteiger partial charge in [0.15, 0.2) is 0 Å². The van der Waals surface area contributed by atoms with Crippen molar-refractivity contribution in [1.82, 2.24) is 5.32 Å². The van der Waals surface area contributed by atoms with Crippen LogP contribution in [-0.2, 0) is 0 Å². The van der Waals surface area contributed by atoms with Crippen LogP contribution in [0.5, 0.6) is 5.75 Å². The first-order chi connectivity index (χ1) is 12.5. The van der Waals surface area contributed by atoms with Crippen molar-refractivity contribution in [2.24, 2.45) is 0 Å². The summed E-state index contributed by atoms with van der Waals surface area (Å²) < 4.78 is 5.08. The lowest BCUT2D eigenvalue weighted by Crippen LogP contribution is -2.27. The van der Waals surface area contributed by atoms with Crippen molar-refractivity contribution < 1.29 is 14.5 Å². The normalized spacial score (nSPS) is 11.8. The molecule has 0 saturated heterocycles. The van der Waals surface area contributed by atoms with Crippen molar-refractivity contribution in [2.45, 2.75) is 13.0 Å². The molecular formula is C20H18N2O4. The molecule has 6 heteroatoms. The van der Waals surface area contributed by atoms with Gasteiger partial charge in [-0.1, -0.05) is 42.5 Å². The molecule has 0 aliphatic rings. The van der Waals surface area contributed by atoms with Crippen molar-refractivity contribution in [3.05, 3.63) is 81.9 Å². The minimum Gasteiger partial charge on any atom is -0.497 e. The first-order valence-corrected chi connectivity index (χ1v) is 8.12. The summed E-state index contributed by atoms with van der Waals surface area (Å²) in [5, 5.41) is 16.2. The summed E-state index contributed by atoms with van der Waals surface area (Å²) in [6.45, 7) is 1.85. The van der Waals surface area contributed by atoms with Crippen LogP contribution in [0.15, 0.2) is 60.7 Å². The number of fused-ring (bicyclic) bond motifs is 1. The molecule has 0 fully saturated rings. The van der Waals surface area contributed by atoms with Crippen LogP contribution in [0, 0.1) is 10.1 Å². The molecule has 3 rings (SSSR count). The first-order valence-electron chi connectivity index (χ1n) is 8.12. The van der Waals surface area contributed by atoms with Crippen LogP contribution >= 0.6 is 0 Å². The monoisotopic (exact) mass is 350 g/mol. The van der Waals surface area contributed by atoms with Crippen molar-refractivity contribution in [2.75, 3.05) is 7.11 Å². The van der Waals surface area contributed by atoms with Gasteiger partial charge < -0.3 is 10.1 Å². The van der Waals surface area contributed by atoms with E-state index in [1.54, 1.807) is 0 Å². The SMILES string of the molecule is COc1ccc([N+](=O)[O-])c(C(=O)NC(C)c2cccc3ccccc23)c1. The fourth-order valence-electron chi connectivity index (χ4n) is 2.96. The number of hydrogen-bond acceptors (Lipinski definition) is 4. The Bertz CT molecular complexity index is 979. The molecule has 1 atom stereocenters. The molecule has 1 amide bonds. The van der Waals surface area contributed by atoms with Gasteiger partial charge in [0.1, 0.15) is 11.3 Å². The summed E-state index contributed by atoms with van der Waals surface area (Å²) in [6, 6.07) is 17.5. The van der Waals surface area contributed by atoms with Crippen LogP contribution < -0.4 is 10.1 Å². The molecule has 3 aromatic rings. The fraction of sp³-hybridized carbons (Fsp3) is 0.150. The van der Waals surface area contributed by atoms with Crippen LogP contribution in [0.3, 0.4) is 0 Å². The molecule has 0 aromatic heterocycles. The Morgan fingerprint density at radius 2 is 1.85 bits per heavy atom. The number of ether oxygens (including phenoxy) is 1. The van der Waals surface area contributed by atoms with Crippen LogP contribution in [0.2, 0.25) is 0 Å². The van der Waals surface area contributed by atoms with E-state index in [1.165, 1.54) is 25.3 Å².